The van der Waals surface area contributed by atoms with E-state index in [2.05, 4.69) is 11.6 Å². The molecule has 5 heteroatoms. The third kappa shape index (κ3) is 2.56. The molecule has 1 heterocycles. The lowest BCUT2D eigenvalue weighted by Gasteiger charge is -2.11. The highest BCUT2D eigenvalue weighted by Gasteiger charge is 2.01. The minimum absolute atomic E-state index is 0.109. The maximum atomic E-state index is 12.1. The van der Waals surface area contributed by atoms with Gasteiger partial charge in [0.1, 0.15) is 10.7 Å². The second kappa shape index (κ2) is 5.21. The zero-order valence-electron chi connectivity index (χ0n) is 11.8. The largest absolute Gasteiger partial charge is 0.378 e. The Morgan fingerprint density at radius 3 is 2.35 bits per heavy atom. The molecule has 0 fully saturated rings. The number of hydrogen-bond acceptors (Lipinski definition) is 3. The van der Waals surface area contributed by atoms with Crippen LogP contribution >= 0.6 is 0 Å². The normalized spacial score (nSPS) is 11.7. The van der Waals surface area contributed by atoms with Crippen LogP contribution < -0.4 is 26.7 Å². The van der Waals surface area contributed by atoms with E-state index in [-0.39, 0.29) is 10.8 Å². The number of H-pyrrole nitrogens is 1. The molecule has 5 nitrogen and oxygen atoms in total. The van der Waals surface area contributed by atoms with Crippen molar-refractivity contribution in [2.45, 2.75) is 0 Å². The molecular formula is C15H17N3O2. The van der Waals surface area contributed by atoms with Gasteiger partial charge in [-0.25, -0.2) is 0 Å². The molecule has 1 aromatic carbocycles. The van der Waals surface area contributed by atoms with Gasteiger partial charge in [0.2, 0.25) is 0 Å². The van der Waals surface area contributed by atoms with Crippen LogP contribution in [0.4, 0.5) is 5.69 Å². The summed E-state index contributed by atoms with van der Waals surface area (Å²) in [5.41, 5.74) is 1.37. The molecule has 0 radical (unpaired) electrons. The molecule has 0 bridgehead atoms. The monoisotopic (exact) mass is 271 g/mol. The average Bonchev–Trinajstić information content (AvgIpc) is 2.42. The molecule has 1 aromatic heterocycles. The van der Waals surface area contributed by atoms with E-state index in [1.165, 1.54) is 4.57 Å². The molecule has 0 atom stereocenters. The van der Waals surface area contributed by atoms with Crippen LogP contribution in [0.15, 0.2) is 33.9 Å². The number of aromatic amines is 1. The van der Waals surface area contributed by atoms with E-state index in [1.807, 2.05) is 43.3 Å². The van der Waals surface area contributed by atoms with Crippen molar-refractivity contribution in [1.29, 1.82) is 0 Å². The van der Waals surface area contributed by atoms with Crippen LogP contribution in [0, 0.1) is 0 Å². The van der Waals surface area contributed by atoms with Crippen molar-refractivity contribution in [2.75, 3.05) is 19.0 Å². The van der Waals surface area contributed by atoms with Gasteiger partial charge in [-0.1, -0.05) is 18.7 Å². The summed E-state index contributed by atoms with van der Waals surface area (Å²) in [6.45, 7) is 3.61. The first-order valence-corrected chi connectivity index (χ1v) is 6.17. The fourth-order valence-corrected chi connectivity index (χ4v) is 1.85. The summed E-state index contributed by atoms with van der Waals surface area (Å²) in [4.78, 5) is 28.4. The molecule has 104 valence electrons. The molecule has 0 aliphatic heterocycles. The number of rotatable bonds is 2. The zero-order chi connectivity index (χ0) is 14.9. The summed E-state index contributed by atoms with van der Waals surface area (Å²) < 4.78 is 1.32. The number of aromatic nitrogens is 2. The van der Waals surface area contributed by atoms with Crippen molar-refractivity contribution in [3.63, 3.8) is 0 Å². The summed E-state index contributed by atoms with van der Waals surface area (Å²) in [7, 11) is 5.48. The summed E-state index contributed by atoms with van der Waals surface area (Å²) in [6.07, 6.45) is 1.58. The van der Waals surface area contributed by atoms with E-state index in [4.69, 9.17) is 0 Å². The molecular weight excluding hydrogens is 254 g/mol. The summed E-state index contributed by atoms with van der Waals surface area (Å²) in [6, 6.07) is 7.60. The lowest BCUT2D eigenvalue weighted by molar-refractivity contribution is 0.764. The predicted molar refractivity (Wildman–Crippen MR) is 81.4 cm³/mol. The third-order valence-corrected chi connectivity index (χ3v) is 3.16. The first kappa shape index (κ1) is 13.9. The van der Waals surface area contributed by atoms with E-state index in [0.717, 1.165) is 11.3 Å². The lowest BCUT2D eigenvalue weighted by atomic mass is 10.1. The molecule has 0 spiro atoms. The third-order valence-electron chi connectivity index (χ3n) is 3.16. The van der Waals surface area contributed by atoms with Crippen molar-refractivity contribution in [1.82, 2.24) is 9.55 Å². The highest BCUT2D eigenvalue weighted by atomic mass is 16.1. The average molecular weight is 271 g/mol. The fraction of sp³-hybridized carbons (Fsp3) is 0.200. The second-order valence-electron chi connectivity index (χ2n) is 4.81. The molecule has 0 unspecified atom stereocenters. The molecule has 2 rings (SSSR count). The Hall–Kier alpha value is -2.56. The van der Waals surface area contributed by atoms with E-state index in [9.17, 15) is 9.59 Å². The number of benzene rings is 1. The van der Waals surface area contributed by atoms with Crippen LogP contribution in [0.25, 0.3) is 12.7 Å². The van der Waals surface area contributed by atoms with E-state index in [0.29, 0.717) is 5.48 Å². The van der Waals surface area contributed by atoms with Crippen molar-refractivity contribution >= 4 is 18.3 Å². The Bertz CT molecular complexity index is 843. The topological polar surface area (TPSA) is 58.1 Å². The van der Waals surface area contributed by atoms with Crippen molar-refractivity contribution < 1.29 is 0 Å². The van der Waals surface area contributed by atoms with Crippen LogP contribution in [0.3, 0.4) is 0 Å². The lowest BCUT2D eigenvalue weighted by Crippen LogP contribution is -2.52. The fourth-order valence-electron chi connectivity index (χ4n) is 1.85. The first-order chi connectivity index (χ1) is 9.40. The van der Waals surface area contributed by atoms with E-state index >= 15 is 0 Å². The molecule has 0 aliphatic carbocycles. The van der Waals surface area contributed by atoms with Gasteiger partial charge in [-0.05, 0) is 23.8 Å². The van der Waals surface area contributed by atoms with Gasteiger partial charge in [-0.3, -0.25) is 14.2 Å². The van der Waals surface area contributed by atoms with E-state index in [1.54, 1.807) is 13.1 Å². The standard InChI is InChI=1S/C15H17N3O2/c1-10-16-14(19)13(15(20)18(10)4)9-11-5-7-12(8-6-11)17(2)3/h5-9H,1H2,2-4H3,(H,16,19). The number of hydrogen-bond donors (Lipinski definition) is 1. The summed E-state index contributed by atoms with van der Waals surface area (Å²) in [5.74, 6) is 0. The van der Waals surface area contributed by atoms with Gasteiger partial charge in [0.15, 0.2) is 0 Å². The van der Waals surface area contributed by atoms with Gasteiger partial charge in [-0.15, -0.1) is 0 Å². The van der Waals surface area contributed by atoms with Crippen molar-refractivity contribution in [3.8, 4) is 0 Å². The predicted octanol–water partition coefficient (Wildman–Crippen LogP) is -0.621. The molecule has 0 saturated carbocycles. The Kier molecular flexibility index (Phi) is 3.61. The van der Waals surface area contributed by atoms with Gasteiger partial charge in [0, 0.05) is 26.8 Å². The zero-order valence-corrected chi connectivity index (χ0v) is 11.8. The van der Waals surface area contributed by atoms with Crippen molar-refractivity contribution in [3.05, 3.63) is 61.2 Å². The number of anilines is 1. The van der Waals surface area contributed by atoms with Gasteiger partial charge < -0.3 is 9.88 Å². The maximum Gasteiger partial charge on any atom is 0.264 e. The Labute approximate surface area is 116 Å². The SMILES string of the molecule is C=c1[nH]c(=O)c(=Cc2ccc(N(C)C)cc2)c(=O)n1C. The molecule has 1 N–H and O–H groups in total. The molecule has 0 amide bonds. The molecule has 0 saturated heterocycles. The van der Waals surface area contributed by atoms with Crippen LogP contribution in [0.2, 0.25) is 0 Å². The van der Waals surface area contributed by atoms with Crippen LogP contribution in [0.5, 0.6) is 0 Å². The molecule has 20 heavy (non-hydrogen) atoms. The number of nitrogens with one attached hydrogen (secondary N) is 1. The number of nitrogens with zero attached hydrogens (tertiary/aromatic N) is 2. The quantitative estimate of drug-likeness (QED) is 0.792. The smallest absolute Gasteiger partial charge is 0.264 e. The highest BCUT2D eigenvalue weighted by Crippen LogP contribution is 2.12. The van der Waals surface area contributed by atoms with Crippen LogP contribution in [-0.2, 0) is 7.05 Å². The van der Waals surface area contributed by atoms with Crippen LogP contribution in [0.1, 0.15) is 5.56 Å². The van der Waals surface area contributed by atoms with Gasteiger partial charge >= 0.3 is 0 Å². The molecule has 2 aromatic rings. The minimum atomic E-state index is -0.421. The minimum Gasteiger partial charge on any atom is -0.378 e. The summed E-state index contributed by atoms with van der Waals surface area (Å²) in [5, 5.41) is 0.109. The maximum absolute atomic E-state index is 12.1. The Balaban J connectivity index is 2.63. The first-order valence-electron chi connectivity index (χ1n) is 6.17. The Morgan fingerprint density at radius 2 is 1.80 bits per heavy atom. The van der Waals surface area contributed by atoms with E-state index < -0.39 is 5.56 Å². The second-order valence-corrected chi connectivity index (χ2v) is 4.81. The summed E-state index contributed by atoms with van der Waals surface area (Å²) >= 11 is 0. The highest BCUT2D eigenvalue weighted by molar-refractivity contribution is 5.55. The van der Waals surface area contributed by atoms with Gasteiger partial charge in [0.25, 0.3) is 11.1 Å². The Morgan fingerprint density at radius 1 is 1.20 bits per heavy atom. The van der Waals surface area contributed by atoms with Crippen molar-refractivity contribution in [2.24, 2.45) is 7.05 Å². The van der Waals surface area contributed by atoms with Crippen LogP contribution in [-0.4, -0.2) is 23.6 Å². The molecule has 0 aliphatic rings. The van der Waals surface area contributed by atoms with Gasteiger partial charge in [0.05, 0.1) is 0 Å². The van der Waals surface area contributed by atoms with Gasteiger partial charge in [-0.2, -0.15) is 0 Å².